The monoisotopic (exact) mass is 268 g/mol. The molecule has 2 unspecified atom stereocenters. The molecular weight excluding hydrogens is 252 g/mol. The number of likely N-dealkylation sites (tertiary alicyclic amines) is 1. The third-order valence-electron chi connectivity index (χ3n) is 3.13. The number of carbonyl (C=O) groups is 2. The molecule has 0 bridgehead atoms. The summed E-state index contributed by atoms with van der Waals surface area (Å²) < 4.78 is 0. The van der Waals surface area contributed by atoms with Gasteiger partial charge in [0.25, 0.3) is 5.91 Å². The number of rotatable bonds is 2. The third-order valence-corrected chi connectivity index (χ3v) is 4.03. The highest BCUT2D eigenvalue weighted by Crippen LogP contribution is 2.24. The number of aryl methyl sites for hydroxylation is 1. The van der Waals surface area contributed by atoms with Gasteiger partial charge in [-0.1, -0.05) is 6.92 Å². The average Bonchev–Trinajstić information content (AvgIpc) is 2.74. The van der Waals surface area contributed by atoms with Crippen LogP contribution in [0.25, 0.3) is 0 Å². The molecule has 1 N–H and O–H groups in total. The van der Waals surface area contributed by atoms with Crippen molar-refractivity contribution in [3.8, 4) is 0 Å². The molecule has 0 radical (unpaired) electrons. The fourth-order valence-corrected chi connectivity index (χ4v) is 3.06. The van der Waals surface area contributed by atoms with Crippen LogP contribution in [0.3, 0.4) is 0 Å². The summed E-state index contributed by atoms with van der Waals surface area (Å²) in [6, 6.07) is 0. The van der Waals surface area contributed by atoms with Crippen LogP contribution in [0.2, 0.25) is 0 Å². The van der Waals surface area contributed by atoms with Crippen molar-refractivity contribution in [2.24, 2.45) is 11.8 Å². The fourth-order valence-electron chi connectivity index (χ4n) is 2.31. The van der Waals surface area contributed by atoms with Crippen LogP contribution in [0.1, 0.15) is 28.0 Å². The van der Waals surface area contributed by atoms with E-state index in [1.54, 1.807) is 11.1 Å². The number of hydrogen-bond acceptors (Lipinski definition) is 4. The lowest BCUT2D eigenvalue weighted by molar-refractivity contribution is -0.143. The molecule has 1 amide bonds. The van der Waals surface area contributed by atoms with Crippen LogP contribution in [0.4, 0.5) is 0 Å². The van der Waals surface area contributed by atoms with Crippen molar-refractivity contribution in [2.45, 2.75) is 20.3 Å². The third kappa shape index (κ3) is 2.69. The minimum absolute atomic E-state index is 0.0987. The van der Waals surface area contributed by atoms with E-state index in [9.17, 15) is 9.59 Å². The molecule has 2 heterocycles. The van der Waals surface area contributed by atoms with Gasteiger partial charge in [0.05, 0.1) is 17.1 Å². The van der Waals surface area contributed by atoms with Gasteiger partial charge >= 0.3 is 5.97 Å². The molecule has 2 rings (SSSR count). The van der Waals surface area contributed by atoms with Crippen LogP contribution < -0.4 is 0 Å². The maximum absolute atomic E-state index is 12.2. The average molecular weight is 268 g/mol. The normalized spacial score (nSPS) is 24.0. The summed E-state index contributed by atoms with van der Waals surface area (Å²) in [5.74, 6) is -1.15. The SMILES string of the molecule is Cc1ncc(C(=O)N2CC(C)CC(C(=O)O)C2)s1. The van der Waals surface area contributed by atoms with Gasteiger partial charge in [-0.2, -0.15) is 0 Å². The first-order valence-corrected chi connectivity index (χ1v) is 6.73. The molecule has 0 spiro atoms. The first-order valence-electron chi connectivity index (χ1n) is 5.92. The Hall–Kier alpha value is -1.43. The van der Waals surface area contributed by atoms with E-state index in [1.807, 2.05) is 13.8 Å². The summed E-state index contributed by atoms with van der Waals surface area (Å²) in [5.41, 5.74) is 0. The number of nitrogens with zero attached hydrogens (tertiary/aromatic N) is 2. The van der Waals surface area contributed by atoms with E-state index in [2.05, 4.69) is 4.98 Å². The second-order valence-electron chi connectivity index (χ2n) is 4.83. The maximum Gasteiger partial charge on any atom is 0.308 e. The van der Waals surface area contributed by atoms with Gasteiger partial charge in [-0.25, -0.2) is 4.98 Å². The van der Waals surface area contributed by atoms with Crippen molar-refractivity contribution in [3.63, 3.8) is 0 Å². The number of carboxylic acids is 1. The zero-order valence-electron chi connectivity index (χ0n) is 10.4. The minimum Gasteiger partial charge on any atom is -0.481 e. The fraction of sp³-hybridized carbons (Fsp3) is 0.583. The smallest absolute Gasteiger partial charge is 0.308 e. The summed E-state index contributed by atoms with van der Waals surface area (Å²) in [5, 5.41) is 9.93. The molecule has 18 heavy (non-hydrogen) atoms. The van der Waals surface area contributed by atoms with Gasteiger partial charge in [0.15, 0.2) is 0 Å². The van der Waals surface area contributed by atoms with Crippen LogP contribution in [0.5, 0.6) is 0 Å². The number of aromatic nitrogens is 1. The summed E-state index contributed by atoms with van der Waals surface area (Å²) >= 11 is 1.35. The summed E-state index contributed by atoms with van der Waals surface area (Å²) in [6.07, 6.45) is 2.21. The number of hydrogen-bond donors (Lipinski definition) is 1. The molecule has 2 atom stereocenters. The Morgan fingerprint density at radius 3 is 2.78 bits per heavy atom. The molecular formula is C12H16N2O3S. The summed E-state index contributed by atoms with van der Waals surface area (Å²) in [4.78, 5) is 29.6. The summed E-state index contributed by atoms with van der Waals surface area (Å²) in [7, 11) is 0. The Balaban J connectivity index is 2.12. The van der Waals surface area contributed by atoms with Crippen LogP contribution in [0, 0.1) is 18.8 Å². The maximum atomic E-state index is 12.2. The van der Waals surface area contributed by atoms with E-state index in [0.717, 1.165) is 5.01 Å². The van der Waals surface area contributed by atoms with E-state index in [0.29, 0.717) is 24.4 Å². The number of carbonyl (C=O) groups excluding carboxylic acids is 1. The molecule has 1 aromatic rings. The summed E-state index contributed by atoms with van der Waals surface area (Å²) in [6.45, 7) is 4.75. The number of carboxylic acid groups (broad SMARTS) is 1. The number of piperidine rings is 1. The quantitative estimate of drug-likeness (QED) is 0.885. The zero-order valence-corrected chi connectivity index (χ0v) is 11.2. The van der Waals surface area contributed by atoms with Crippen molar-refractivity contribution in [1.29, 1.82) is 0 Å². The van der Waals surface area contributed by atoms with E-state index < -0.39 is 11.9 Å². The molecule has 1 aromatic heterocycles. The Kier molecular flexibility index (Phi) is 3.65. The number of thiazole rings is 1. The Morgan fingerprint density at radius 2 is 2.22 bits per heavy atom. The molecule has 1 aliphatic rings. The highest BCUT2D eigenvalue weighted by Gasteiger charge is 2.32. The molecule has 0 aromatic carbocycles. The van der Waals surface area contributed by atoms with E-state index in [-0.39, 0.29) is 11.8 Å². The van der Waals surface area contributed by atoms with E-state index >= 15 is 0 Å². The molecule has 98 valence electrons. The second kappa shape index (κ2) is 5.06. The van der Waals surface area contributed by atoms with Crippen molar-refractivity contribution in [1.82, 2.24) is 9.88 Å². The van der Waals surface area contributed by atoms with Gasteiger partial charge < -0.3 is 10.0 Å². The molecule has 6 heteroatoms. The lowest BCUT2D eigenvalue weighted by atomic mass is 9.90. The highest BCUT2D eigenvalue weighted by molar-refractivity contribution is 7.13. The Bertz CT molecular complexity index is 472. The molecule has 0 aliphatic carbocycles. The topological polar surface area (TPSA) is 70.5 Å². The van der Waals surface area contributed by atoms with Gasteiger partial charge in [-0.3, -0.25) is 9.59 Å². The first-order chi connectivity index (χ1) is 8.47. The van der Waals surface area contributed by atoms with Crippen LogP contribution in [-0.2, 0) is 4.79 Å². The van der Waals surface area contributed by atoms with Crippen LogP contribution in [0.15, 0.2) is 6.20 Å². The largest absolute Gasteiger partial charge is 0.481 e. The van der Waals surface area contributed by atoms with Gasteiger partial charge in [0.1, 0.15) is 4.88 Å². The zero-order chi connectivity index (χ0) is 13.3. The minimum atomic E-state index is -0.820. The Labute approximate surface area is 109 Å². The molecule has 1 aliphatic heterocycles. The number of aliphatic carboxylic acids is 1. The van der Waals surface area contributed by atoms with Crippen molar-refractivity contribution in [3.05, 3.63) is 16.1 Å². The molecule has 1 fully saturated rings. The second-order valence-corrected chi connectivity index (χ2v) is 6.06. The molecule has 1 saturated heterocycles. The standard InChI is InChI=1S/C12H16N2O3S/c1-7-3-9(12(16)17)6-14(5-7)11(15)10-4-13-8(2)18-10/h4,7,9H,3,5-6H2,1-2H3,(H,16,17). The predicted molar refractivity (Wildman–Crippen MR) is 67.7 cm³/mol. The number of amides is 1. The molecule has 0 saturated carbocycles. The predicted octanol–water partition coefficient (Wildman–Crippen LogP) is 1.63. The van der Waals surface area contributed by atoms with Gasteiger partial charge in [0, 0.05) is 13.1 Å². The van der Waals surface area contributed by atoms with Crippen molar-refractivity contribution < 1.29 is 14.7 Å². The first kappa shape index (κ1) is 13.0. The molecule has 5 nitrogen and oxygen atoms in total. The van der Waals surface area contributed by atoms with Crippen molar-refractivity contribution in [2.75, 3.05) is 13.1 Å². The Morgan fingerprint density at radius 1 is 1.50 bits per heavy atom. The van der Waals surface area contributed by atoms with Crippen LogP contribution in [-0.4, -0.2) is 40.0 Å². The lowest BCUT2D eigenvalue weighted by Crippen LogP contribution is -2.45. The van der Waals surface area contributed by atoms with Crippen LogP contribution >= 0.6 is 11.3 Å². The van der Waals surface area contributed by atoms with Gasteiger partial charge in [-0.15, -0.1) is 11.3 Å². The van der Waals surface area contributed by atoms with E-state index in [4.69, 9.17) is 5.11 Å². The van der Waals surface area contributed by atoms with E-state index in [1.165, 1.54) is 11.3 Å². The van der Waals surface area contributed by atoms with Gasteiger partial charge in [-0.05, 0) is 19.3 Å². The van der Waals surface area contributed by atoms with Gasteiger partial charge in [0.2, 0.25) is 0 Å². The van der Waals surface area contributed by atoms with Crippen molar-refractivity contribution >= 4 is 23.2 Å². The lowest BCUT2D eigenvalue weighted by Gasteiger charge is -2.34. The highest BCUT2D eigenvalue weighted by atomic mass is 32.1.